The molecule has 0 spiro atoms. The maximum atomic E-state index is 11.2. The summed E-state index contributed by atoms with van der Waals surface area (Å²) in [5, 5.41) is 9.49. The molecule has 0 aliphatic rings. The number of nitrogen functional groups attached to an aromatic ring is 2. The van der Waals surface area contributed by atoms with Gasteiger partial charge in [0.05, 0.1) is 32.9 Å². The molecule has 45 heavy (non-hydrogen) atoms. The van der Waals surface area contributed by atoms with Crippen molar-refractivity contribution >= 4 is 88.6 Å². The average Bonchev–Trinajstić information content (AvgIpc) is 2.97. The summed E-state index contributed by atoms with van der Waals surface area (Å²) in [6.07, 6.45) is 0. The lowest BCUT2D eigenvalue weighted by atomic mass is 10.1. The molecule has 0 bridgehead atoms. The third-order valence-corrected chi connectivity index (χ3v) is 7.05. The Hall–Kier alpha value is -5.37. The molecule has 2 aromatic heterocycles. The number of hydrogen-bond donors (Lipinski definition) is 4. The minimum Gasteiger partial charge on any atom is -0.759 e. The molecular formula is C32H32N6O6S. The monoisotopic (exact) mass is 628 g/mol. The quantitative estimate of drug-likeness (QED) is 0.0968. The van der Waals surface area contributed by atoms with E-state index >= 15 is 0 Å². The van der Waals surface area contributed by atoms with Crippen LogP contribution >= 0.6 is 0 Å². The summed E-state index contributed by atoms with van der Waals surface area (Å²) in [5.74, 6) is -0.179. The van der Waals surface area contributed by atoms with E-state index in [0.717, 1.165) is 66.4 Å². The number of fused-ring (bicyclic) bond motifs is 4. The predicted octanol–water partition coefficient (Wildman–Crippen LogP) is 3.38. The average molecular weight is 629 g/mol. The number of hydrogen-bond acceptors (Lipinski definition) is 8. The lowest BCUT2D eigenvalue weighted by Gasteiger charge is -2.08. The van der Waals surface area contributed by atoms with E-state index in [1.165, 1.54) is 13.8 Å². The smallest absolute Gasteiger partial charge is 0.221 e. The van der Waals surface area contributed by atoms with Crippen molar-refractivity contribution < 1.29 is 36.2 Å². The number of aromatic nitrogens is 2. The van der Waals surface area contributed by atoms with Crippen LogP contribution in [-0.2, 0) is 34.1 Å². The molecule has 6 N–H and O–H groups in total. The molecule has 13 heteroatoms. The first kappa shape index (κ1) is 32.5. The molecule has 6 rings (SSSR count). The highest BCUT2D eigenvalue weighted by Crippen LogP contribution is 2.30. The van der Waals surface area contributed by atoms with Crippen molar-refractivity contribution in [3.05, 3.63) is 84.9 Å². The van der Waals surface area contributed by atoms with Gasteiger partial charge in [-0.2, -0.15) is 9.13 Å². The van der Waals surface area contributed by atoms with Crippen LogP contribution in [0, 0.1) is 0 Å². The molecule has 0 saturated carbocycles. The summed E-state index contributed by atoms with van der Waals surface area (Å²) in [5.41, 5.74) is 19.8. The molecule has 6 aromatic rings. The van der Waals surface area contributed by atoms with Gasteiger partial charge in [-0.25, -0.2) is 0 Å². The third-order valence-electron chi connectivity index (χ3n) is 7.05. The second-order valence-corrected chi connectivity index (χ2v) is 11.0. The van der Waals surface area contributed by atoms with E-state index in [0.29, 0.717) is 0 Å². The standard InChI is InChI=1S/2C16H15N3O.H2O4S/c2*1-10(20)18-11-7-8-15-13(9-11)16(17)12-5-3-4-6-14(12)19(15)2;1-5(2,3)4/h2*3-9,17H,1-2H3,(H,18,20);(H2,1,2,3,4). The number of benzene rings is 4. The molecule has 0 fully saturated rings. The zero-order chi connectivity index (χ0) is 33.1. The predicted molar refractivity (Wildman–Crippen MR) is 173 cm³/mol. The number of nitrogens with two attached hydrogens (primary N) is 2. The van der Waals surface area contributed by atoms with Crippen molar-refractivity contribution in [2.45, 2.75) is 13.8 Å². The van der Waals surface area contributed by atoms with Gasteiger partial charge in [-0.05, 0) is 36.4 Å². The van der Waals surface area contributed by atoms with Gasteiger partial charge in [0.15, 0.2) is 0 Å². The third kappa shape index (κ3) is 7.59. The van der Waals surface area contributed by atoms with E-state index in [2.05, 4.69) is 19.8 Å². The fraction of sp³-hybridized carbons (Fsp3) is 0.125. The number of rotatable bonds is 2. The number of para-hydroxylation sites is 2. The highest BCUT2D eigenvalue weighted by atomic mass is 32.3. The molecular weight excluding hydrogens is 596 g/mol. The Morgan fingerprint density at radius 3 is 1.24 bits per heavy atom. The summed E-state index contributed by atoms with van der Waals surface area (Å²) >= 11 is 0. The van der Waals surface area contributed by atoms with Crippen molar-refractivity contribution in [3.8, 4) is 0 Å². The normalized spacial score (nSPS) is 11.0. The molecule has 0 aliphatic carbocycles. The number of amides is 2. The summed E-state index contributed by atoms with van der Waals surface area (Å²) < 4.78 is 38.3. The number of carbonyl (C=O) groups is 2. The topological polar surface area (TPSA) is 198 Å². The Balaban J connectivity index is 0.000000179. The molecule has 0 atom stereocenters. The van der Waals surface area contributed by atoms with Crippen molar-refractivity contribution in [2.24, 2.45) is 14.1 Å². The Morgan fingerprint density at radius 2 is 0.911 bits per heavy atom. The number of carbonyl (C=O) groups excluding carboxylic acids is 2. The Bertz CT molecular complexity index is 2070. The van der Waals surface area contributed by atoms with Crippen molar-refractivity contribution in [1.82, 2.24) is 0 Å². The summed E-state index contributed by atoms with van der Waals surface area (Å²) in [4.78, 5) is 22.3. The fourth-order valence-electron chi connectivity index (χ4n) is 5.19. The maximum absolute atomic E-state index is 11.2. The van der Waals surface area contributed by atoms with Gasteiger partial charge in [-0.1, -0.05) is 24.3 Å². The highest BCUT2D eigenvalue weighted by molar-refractivity contribution is 7.79. The van der Waals surface area contributed by atoms with Gasteiger partial charge >= 0.3 is 0 Å². The van der Waals surface area contributed by atoms with Gasteiger partial charge in [-0.3, -0.25) is 18.0 Å². The Morgan fingerprint density at radius 1 is 0.600 bits per heavy atom. The van der Waals surface area contributed by atoms with Crippen molar-refractivity contribution in [2.75, 3.05) is 22.1 Å². The van der Waals surface area contributed by atoms with Crippen LogP contribution in [0.5, 0.6) is 0 Å². The molecule has 232 valence electrons. The molecule has 2 amide bonds. The largest absolute Gasteiger partial charge is 0.759 e. The maximum Gasteiger partial charge on any atom is 0.221 e. The first-order valence-corrected chi connectivity index (χ1v) is 14.9. The molecule has 0 saturated heterocycles. The van der Waals surface area contributed by atoms with E-state index in [1.807, 2.05) is 99.0 Å². The van der Waals surface area contributed by atoms with E-state index < -0.39 is 10.4 Å². The Kier molecular flexibility index (Phi) is 9.47. The first-order chi connectivity index (χ1) is 21.2. The van der Waals surface area contributed by atoms with Crippen LogP contribution < -0.4 is 31.2 Å². The van der Waals surface area contributed by atoms with Gasteiger partial charge in [0.1, 0.15) is 14.1 Å². The molecule has 0 unspecified atom stereocenters. The number of nitrogens with zero attached hydrogens (tertiary/aromatic N) is 2. The highest BCUT2D eigenvalue weighted by Gasteiger charge is 2.17. The number of aryl methyl sites for hydroxylation is 2. The van der Waals surface area contributed by atoms with Crippen LogP contribution in [0.3, 0.4) is 0 Å². The minimum absolute atomic E-state index is 0.0897. The lowest BCUT2D eigenvalue weighted by Crippen LogP contribution is -2.30. The van der Waals surface area contributed by atoms with Crippen LogP contribution in [0.4, 0.5) is 22.7 Å². The molecule has 4 aromatic carbocycles. The van der Waals surface area contributed by atoms with Crippen LogP contribution in [0.2, 0.25) is 0 Å². The molecule has 0 aliphatic heterocycles. The van der Waals surface area contributed by atoms with Gasteiger partial charge in [0.2, 0.25) is 33.9 Å². The second-order valence-electron chi connectivity index (χ2n) is 10.2. The Labute approximate surface area is 259 Å². The van der Waals surface area contributed by atoms with Crippen LogP contribution in [0.1, 0.15) is 13.8 Å². The SMILES string of the molecule is CC(=O)Nc1ccc2c(c1)c(N)c1ccccc1[n+]2C.CC(=O)Nc1ccc2c(c1)c(N)c1ccccc1[n+]2C.O=S(=O)([O-])[O-]. The van der Waals surface area contributed by atoms with Crippen LogP contribution in [-0.4, -0.2) is 29.3 Å². The zero-order valence-corrected chi connectivity index (χ0v) is 25.8. The molecule has 12 nitrogen and oxygen atoms in total. The number of pyridine rings is 2. The van der Waals surface area contributed by atoms with Crippen LogP contribution in [0.15, 0.2) is 84.9 Å². The summed E-state index contributed by atoms with van der Waals surface area (Å²) in [7, 11) is -1.13. The van der Waals surface area contributed by atoms with Gasteiger partial charge < -0.3 is 31.2 Å². The fourth-order valence-corrected chi connectivity index (χ4v) is 5.19. The number of anilines is 4. The van der Waals surface area contributed by atoms with Gasteiger partial charge in [-0.15, -0.1) is 0 Å². The van der Waals surface area contributed by atoms with Crippen molar-refractivity contribution in [3.63, 3.8) is 0 Å². The van der Waals surface area contributed by atoms with Crippen molar-refractivity contribution in [1.29, 1.82) is 0 Å². The van der Waals surface area contributed by atoms with E-state index in [4.69, 9.17) is 29.0 Å². The van der Waals surface area contributed by atoms with Gasteiger partial charge in [0.25, 0.3) is 0 Å². The van der Waals surface area contributed by atoms with E-state index in [9.17, 15) is 9.59 Å². The summed E-state index contributed by atoms with van der Waals surface area (Å²) in [6.45, 7) is 2.99. The van der Waals surface area contributed by atoms with Gasteiger partial charge in [0, 0.05) is 59.9 Å². The molecule has 0 radical (unpaired) electrons. The summed E-state index contributed by atoms with van der Waals surface area (Å²) in [6, 6.07) is 27.6. The van der Waals surface area contributed by atoms with E-state index in [1.54, 1.807) is 0 Å². The first-order valence-electron chi connectivity index (χ1n) is 13.6. The molecule has 2 heterocycles. The minimum atomic E-state index is -5.17. The van der Waals surface area contributed by atoms with E-state index in [-0.39, 0.29) is 11.8 Å². The second kappa shape index (κ2) is 13.1. The lowest BCUT2D eigenvalue weighted by molar-refractivity contribution is -0.617. The zero-order valence-electron chi connectivity index (χ0n) is 25.0. The number of nitrogens with one attached hydrogen (secondary N) is 2. The van der Waals surface area contributed by atoms with Crippen LogP contribution in [0.25, 0.3) is 43.6 Å².